The van der Waals surface area contributed by atoms with Crippen LogP contribution >= 0.6 is 0 Å². The molecule has 7 nitrogen and oxygen atoms in total. The van der Waals surface area contributed by atoms with Gasteiger partial charge >= 0.3 is 0 Å². The number of nitrogens with zero attached hydrogens (tertiary/aromatic N) is 5. The second-order valence-corrected chi connectivity index (χ2v) is 9.77. The number of fused-ring (bicyclic) bond motifs is 1. The molecule has 7 heteroatoms. The first-order valence-electron chi connectivity index (χ1n) is 12.3. The third-order valence-electron chi connectivity index (χ3n) is 7.71. The van der Waals surface area contributed by atoms with Gasteiger partial charge in [-0.15, -0.1) is 0 Å². The van der Waals surface area contributed by atoms with Crippen molar-refractivity contribution in [2.45, 2.75) is 51.5 Å². The Hall–Kier alpha value is -3.48. The van der Waals surface area contributed by atoms with Crippen LogP contribution in [0.2, 0.25) is 0 Å². The van der Waals surface area contributed by atoms with Crippen LogP contribution in [0.15, 0.2) is 59.6 Å². The lowest BCUT2D eigenvalue weighted by molar-refractivity contribution is 0.0473. The highest BCUT2D eigenvalue weighted by molar-refractivity contribution is 6.06. The summed E-state index contributed by atoms with van der Waals surface area (Å²) in [4.78, 5) is 25.0. The molecule has 2 fully saturated rings. The van der Waals surface area contributed by atoms with Gasteiger partial charge in [-0.1, -0.05) is 19.3 Å². The van der Waals surface area contributed by atoms with E-state index in [9.17, 15) is 4.79 Å². The molecule has 4 aromatic heterocycles. The van der Waals surface area contributed by atoms with Crippen molar-refractivity contribution in [2.75, 3.05) is 13.1 Å². The van der Waals surface area contributed by atoms with E-state index < -0.39 is 0 Å². The van der Waals surface area contributed by atoms with Crippen molar-refractivity contribution in [3.8, 4) is 11.3 Å². The molecule has 0 bridgehead atoms. The maximum Gasteiger partial charge on any atom is 0.254 e. The van der Waals surface area contributed by atoms with Crippen LogP contribution in [-0.4, -0.2) is 43.6 Å². The van der Waals surface area contributed by atoms with Gasteiger partial charge in [-0.05, 0) is 61.4 Å². The van der Waals surface area contributed by atoms with E-state index in [1.807, 2.05) is 35.2 Å². The molecule has 1 spiro atoms. The molecule has 1 saturated carbocycles. The summed E-state index contributed by atoms with van der Waals surface area (Å²) >= 11 is 0. The van der Waals surface area contributed by atoms with Crippen LogP contribution in [0.1, 0.15) is 61.1 Å². The Morgan fingerprint density at radius 1 is 1.03 bits per heavy atom. The minimum absolute atomic E-state index is 0.0701. The summed E-state index contributed by atoms with van der Waals surface area (Å²) < 4.78 is 7.33. The molecule has 174 valence electrons. The van der Waals surface area contributed by atoms with Crippen molar-refractivity contribution < 1.29 is 9.21 Å². The number of piperidine rings is 1. The number of furan rings is 1. The van der Waals surface area contributed by atoms with E-state index in [1.54, 1.807) is 29.5 Å². The number of pyridine rings is 2. The summed E-state index contributed by atoms with van der Waals surface area (Å²) in [6, 6.07) is 9.54. The molecule has 0 N–H and O–H groups in total. The monoisotopic (exact) mass is 455 g/mol. The molecule has 4 aromatic rings. The number of amides is 1. The van der Waals surface area contributed by atoms with Gasteiger partial charge in [-0.25, -0.2) is 9.67 Å². The van der Waals surface area contributed by atoms with Crippen LogP contribution in [-0.2, 0) is 6.54 Å². The smallest absolute Gasteiger partial charge is 0.254 e. The van der Waals surface area contributed by atoms with Gasteiger partial charge in [0.15, 0.2) is 5.65 Å². The van der Waals surface area contributed by atoms with E-state index in [4.69, 9.17) is 9.40 Å². The molecule has 2 aliphatic rings. The first-order chi connectivity index (χ1) is 16.7. The number of aromatic nitrogens is 4. The zero-order chi connectivity index (χ0) is 23.0. The zero-order valence-electron chi connectivity index (χ0n) is 19.3. The lowest BCUT2D eigenvalue weighted by Crippen LogP contribution is -2.44. The molecular weight excluding hydrogens is 426 g/mol. The van der Waals surface area contributed by atoms with E-state index >= 15 is 0 Å². The van der Waals surface area contributed by atoms with Crippen molar-refractivity contribution >= 4 is 16.9 Å². The Morgan fingerprint density at radius 2 is 1.88 bits per heavy atom. The van der Waals surface area contributed by atoms with Gasteiger partial charge in [0.25, 0.3) is 5.91 Å². The Labute approximate surface area is 198 Å². The average Bonchev–Trinajstić information content (AvgIpc) is 3.55. The fourth-order valence-corrected chi connectivity index (χ4v) is 5.71. The predicted molar refractivity (Wildman–Crippen MR) is 129 cm³/mol. The summed E-state index contributed by atoms with van der Waals surface area (Å²) in [5, 5.41) is 5.35. The molecule has 1 saturated heterocycles. The van der Waals surface area contributed by atoms with Gasteiger partial charge in [0.1, 0.15) is 12.3 Å². The van der Waals surface area contributed by atoms with Gasteiger partial charge in [0.2, 0.25) is 0 Å². The van der Waals surface area contributed by atoms with Crippen LogP contribution < -0.4 is 0 Å². The first kappa shape index (κ1) is 21.1. The highest BCUT2D eigenvalue weighted by atomic mass is 16.3. The molecule has 0 radical (unpaired) electrons. The summed E-state index contributed by atoms with van der Waals surface area (Å²) in [6.45, 7) is 2.11. The first-order valence-corrected chi connectivity index (χ1v) is 12.3. The molecule has 0 atom stereocenters. The van der Waals surface area contributed by atoms with E-state index in [2.05, 4.69) is 10.1 Å². The maximum absolute atomic E-state index is 13.8. The van der Waals surface area contributed by atoms with Gasteiger partial charge in [-0.3, -0.25) is 9.78 Å². The molecule has 1 aliphatic heterocycles. The van der Waals surface area contributed by atoms with Gasteiger partial charge in [0, 0.05) is 31.0 Å². The fourth-order valence-electron chi connectivity index (χ4n) is 5.71. The summed E-state index contributed by atoms with van der Waals surface area (Å²) in [5.74, 6) is 0.862. The van der Waals surface area contributed by atoms with Crippen molar-refractivity contribution in [2.24, 2.45) is 5.41 Å². The molecule has 1 aliphatic carbocycles. The van der Waals surface area contributed by atoms with Crippen molar-refractivity contribution in [1.82, 2.24) is 24.6 Å². The molecule has 6 rings (SSSR count). The van der Waals surface area contributed by atoms with Crippen LogP contribution in [0.5, 0.6) is 0 Å². The Morgan fingerprint density at radius 3 is 2.62 bits per heavy atom. The Bertz CT molecular complexity index is 1280. The van der Waals surface area contributed by atoms with Gasteiger partial charge < -0.3 is 9.32 Å². The topological polar surface area (TPSA) is 77.0 Å². The number of carbonyl (C=O) groups excluding carboxylic acids is 1. The summed E-state index contributed by atoms with van der Waals surface area (Å²) in [6.07, 6.45) is 15.8. The lowest BCUT2D eigenvalue weighted by atomic mass is 9.68. The van der Waals surface area contributed by atoms with Gasteiger partial charge in [0.05, 0.1) is 29.1 Å². The molecular formula is C27H29N5O2. The standard InChI is InChI=1S/C27H29N5O2/c33-26(31-13-10-27(11-14-31)8-2-1-3-9-27)22-16-24(20-6-4-12-28-17-20)30-25-23(22)18-29-32(25)19-21-7-5-15-34-21/h4-7,12,15-18H,1-3,8-11,13-14,19H2. The van der Waals surface area contributed by atoms with Crippen LogP contribution in [0, 0.1) is 5.41 Å². The normalized spacial score (nSPS) is 17.9. The van der Waals surface area contributed by atoms with E-state index in [0.29, 0.717) is 23.2 Å². The number of rotatable bonds is 4. The second-order valence-electron chi connectivity index (χ2n) is 9.77. The predicted octanol–water partition coefficient (Wildman–Crippen LogP) is 5.32. The number of likely N-dealkylation sites (tertiary alicyclic amines) is 1. The number of hydrogen-bond donors (Lipinski definition) is 0. The van der Waals surface area contributed by atoms with Crippen molar-refractivity contribution in [3.63, 3.8) is 0 Å². The van der Waals surface area contributed by atoms with Crippen LogP contribution in [0.3, 0.4) is 0 Å². The molecule has 5 heterocycles. The van der Waals surface area contributed by atoms with Crippen LogP contribution in [0.25, 0.3) is 22.3 Å². The Balaban J connectivity index is 1.36. The van der Waals surface area contributed by atoms with Crippen molar-refractivity contribution in [1.29, 1.82) is 0 Å². The number of hydrogen-bond acceptors (Lipinski definition) is 5. The van der Waals surface area contributed by atoms with Crippen molar-refractivity contribution in [3.05, 3.63) is 66.5 Å². The maximum atomic E-state index is 13.8. The average molecular weight is 456 g/mol. The summed E-state index contributed by atoms with van der Waals surface area (Å²) in [7, 11) is 0. The number of carbonyl (C=O) groups is 1. The third-order valence-corrected chi connectivity index (χ3v) is 7.71. The summed E-state index contributed by atoms with van der Waals surface area (Å²) in [5.41, 5.74) is 3.41. The molecule has 1 amide bonds. The Kier molecular flexibility index (Phi) is 5.40. The van der Waals surface area contributed by atoms with E-state index in [1.165, 1.54) is 32.1 Å². The molecule has 0 unspecified atom stereocenters. The lowest BCUT2D eigenvalue weighted by Gasteiger charge is -2.44. The minimum atomic E-state index is 0.0701. The minimum Gasteiger partial charge on any atom is -0.467 e. The second kappa shape index (κ2) is 8.70. The van der Waals surface area contributed by atoms with E-state index in [-0.39, 0.29) is 5.91 Å². The largest absolute Gasteiger partial charge is 0.467 e. The SMILES string of the molecule is O=C(c1cc(-c2cccnc2)nc2c1cnn2Cc1ccco1)N1CCC2(CCCCC2)CC1. The molecule has 0 aromatic carbocycles. The zero-order valence-corrected chi connectivity index (χ0v) is 19.3. The quantitative estimate of drug-likeness (QED) is 0.416. The van der Waals surface area contributed by atoms with Crippen LogP contribution in [0.4, 0.5) is 0 Å². The third kappa shape index (κ3) is 3.89. The highest BCUT2D eigenvalue weighted by Gasteiger charge is 2.37. The highest BCUT2D eigenvalue weighted by Crippen LogP contribution is 2.44. The fraction of sp³-hybridized carbons (Fsp3) is 0.407. The van der Waals surface area contributed by atoms with Gasteiger partial charge in [-0.2, -0.15) is 5.10 Å². The van der Waals surface area contributed by atoms with E-state index in [0.717, 1.165) is 48.3 Å². The molecule has 34 heavy (non-hydrogen) atoms.